The maximum Gasteiger partial charge on any atom is 0.302 e. The Balaban J connectivity index is 0.000000861. The molecule has 0 aromatic heterocycles. The Morgan fingerprint density at radius 2 is 2.21 bits per heavy atom. The van der Waals surface area contributed by atoms with Crippen LogP contribution in [-0.4, -0.2) is 32.3 Å². The van der Waals surface area contributed by atoms with E-state index in [1.165, 1.54) is 6.92 Å². The Morgan fingerprint density at radius 1 is 1.47 bits per heavy atom. The molecule has 5 heteroatoms. The molecule has 5 nitrogen and oxygen atoms in total. The molecule has 1 N–H and O–H groups in total. The Morgan fingerprint density at radius 3 is 2.84 bits per heavy atom. The van der Waals surface area contributed by atoms with Crippen LogP contribution in [0.15, 0.2) is 18.2 Å². The molecule has 0 aliphatic carbocycles. The maximum atomic E-state index is 10.7. The largest absolute Gasteiger partial charge is 0.494 e. The van der Waals surface area contributed by atoms with Crippen LogP contribution in [0.1, 0.15) is 20.8 Å². The van der Waals surface area contributed by atoms with Gasteiger partial charge in [0.25, 0.3) is 0 Å². The first kappa shape index (κ1) is 15.1. The lowest BCUT2D eigenvalue weighted by atomic mass is 10.2. The van der Waals surface area contributed by atoms with Crippen LogP contribution >= 0.6 is 0 Å². The Kier molecular flexibility index (Phi) is 5.99. The van der Waals surface area contributed by atoms with E-state index in [1.54, 1.807) is 7.11 Å². The molecule has 0 saturated carbocycles. The molecule has 0 bridgehead atoms. The summed E-state index contributed by atoms with van der Waals surface area (Å²) in [6.07, 6.45) is 0. The van der Waals surface area contributed by atoms with Crippen molar-refractivity contribution in [1.82, 2.24) is 0 Å². The van der Waals surface area contributed by atoms with Gasteiger partial charge in [0.15, 0.2) is 0 Å². The van der Waals surface area contributed by atoms with E-state index in [1.807, 2.05) is 32.0 Å². The van der Waals surface area contributed by atoms with Gasteiger partial charge in [0.1, 0.15) is 30.4 Å². The lowest BCUT2D eigenvalue weighted by molar-refractivity contribution is -0.141. The van der Waals surface area contributed by atoms with Crippen molar-refractivity contribution in [3.8, 4) is 11.5 Å². The maximum absolute atomic E-state index is 10.7. The van der Waals surface area contributed by atoms with Gasteiger partial charge in [-0.3, -0.25) is 4.79 Å². The number of carbonyl (C=O) groups is 1. The first-order valence-corrected chi connectivity index (χ1v) is 6.40. The van der Waals surface area contributed by atoms with Crippen LogP contribution in [0, 0.1) is 0 Å². The highest BCUT2D eigenvalue weighted by molar-refractivity contribution is 5.68. The van der Waals surface area contributed by atoms with Crippen molar-refractivity contribution in [2.75, 3.05) is 25.6 Å². The van der Waals surface area contributed by atoms with Gasteiger partial charge in [0, 0.05) is 6.92 Å². The third-order valence-corrected chi connectivity index (χ3v) is 2.48. The third-order valence-electron chi connectivity index (χ3n) is 2.48. The molecule has 1 aromatic carbocycles. The number of methoxy groups -OCH3 is 1. The summed E-state index contributed by atoms with van der Waals surface area (Å²) < 4.78 is 15.8. The predicted molar refractivity (Wildman–Crippen MR) is 73.9 cm³/mol. The van der Waals surface area contributed by atoms with E-state index < -0.39 is 0 Å². The lowest BCUT2D eigenvalue weighted by Crippen LogP contribution is -2.36. The number of hydrogen-bond acceptors (Lipinski definition) is 5. The Labute approximate surface area is 113 Å². The molecule has 0 amide bonds. The highest BCUT2D eigenvalue weighted by Crippen LogP contribution is 2.37. The van der Waals surface area contributed by atoms with Crippen LogP contribution in [0.5, 0.6) is 11.5 Å². The molecule has 0 radical (unpaired) electrons. The first-order chi connectivity index (χ1) is 9.20. The van der Waals surface area contributed by atoms with Crippen LogP contribution in [0.4, 0.5) is 5.69 Å². The van der Waals surface area contributed by atoms with Crippen molar-refractivity contribution >= 4 is 11.7 Å². The lowest BCUT2D eigenvalue weighted by Gasteiger charge is -2.28. The fourth-order valence-electron chi connectivity index (χ4n) is 1.69. The number of hydrogen-bond donors (Lipinski definition) is 1. The Bertz CT molecular complexity index is 406. The van der Waals surface area contributed by atoms with Crippen LogP contribution in [0.3, 0.4) is 0 Å². The number of benzene rings is 1. The van der Waals surface area contributed by atoms with Gasteiger partial charge in [-0.2, -0.15) is 0 Å². The number of rotatable bonds is 3. The second-order valence-corrected chi connectivity index (χ2v) is 3.79. The van der Waals surface area contributed by atoms with E-state index >= 15 is 0 Å². The van der Waals surface area contributed by atoms with Crippen LogP contribution < -0.4 is 14.8 Å². The molecule has 1 aliphatic heterocycles. The van der Waals surface area contributed by atoms with Crippen molar-refractivity contribution in [3.63, 3.8) is 0 Å². The van der Waals surface area contributed by atoms with E-state index in [0.29, 0.717) is 6.61 Å². The van der Waals surface area contributed by atoms with Crippen LogP contribution in [-0.2, 0) is 9.53 Å². The number of esters is 1. The van der Waals surface area contributed by atoms with Crippen molar-refractivity contribution in [3.05, 3.63) is 18.2 Å². The van der Waals surface area contributed by atoms with Crippen molar-refractivity contribution in [2.24, 2.45) is 0 Å². The third kappa shape index (κ3) is 4.05. The number of fused-ring (bicyclic) bond motifs is 1. The fraction of sp³-hybridized carbons (Fsp3) is 0.500. The smallest absolute Gasteiger partial charge is 0.302 e. The summed E-state index contributed by atoms with van der Waals surface area (Å²) in [4.78, 5) is 10.7. The van der Waals surface area contributed by atoms with E-state index in [0.717, 1.165) is 17.2 Å². The van der Waals surface area contributed by atoms with Gasteiger partial charge in [-0.25, -0.2) is 0 Å². The standard InChI is InChI=1S/C12H15NO4.C2H6/c1-8(14)16-6-9-7-17-11-5-3-4-10(15-2)12(11)13-9;1-2/h3-5,9,13H,6-7H2,1-2H3;1-2H3. The topological polar surface area (TPSA) is 56.8 Å². The van der Waals surface area contributed by atoms with E-state index in [9.17, 15) is 4.79 Å². The Hall–Kier alpha value is -1.91. The van der Waals surface area contributed by atoms with E-state index in [-0.39, 0.29) is 18.6 Å². The van der Waals surface area contributed by atoms with E-state index in [4.69, 9.17) is 14.2 Å². The molecule has 0 spiro atoms. The highest BCUT2D eigenvalue weighted by atomic mass is 16.5. The average molecular weight is 267 g/mol. The summed E-state index contributed by atoms with van der Waals surface area (Å²) in [6, 6.07) is 5.53. The molecule has 2 rings (SSSR count). The van der Waals surface area contributed by atoms with Gasteiger partial charge in [-0.1, -0.05) is 19.9 Å². The molecular formula is C14H21NO4. The van der Waals surface area contributed by atoms with Gasteiger partial charge < -0.3 is 19.5 Å². The second kappa shape index (κ2) is 7.51. The molecule has 1 aliphatic rings. The average Bonchev–Trinajstić information content (AvgIpc) is 2.46. The molecule has 0 fully saturated rings. The zero-order valence-corrected chi connectivity index (χ0v) is 11.9. The summed E-state index contributed by atoms with van der Waals surface area (Å²) in [5, 5.41) is 3.24. The zero-order chi connectivity index (χ0) is 14.3. The zero-order valence-electron chi connectivity index (χ0n) is 11.9. The number of ether oxygens (including phenoxy) is 3. The van der Waals surface area contributed by atoms with Crippen molar-refractivity contribution in [1.29, 1.82) is 0 Å². The number of nitrogens with one attached hydrogen (secondary N) is 1. The molecule has 1 atom stereocenters. The van der Waals surface area contributed by atoms with Gasteiger partial charge in [-0.05, 0) is 12.1 Å². The molecule has 1 heterocycles. The quantitative estimate of drug-likeness (QED) is 0.852. The predicted octanol–water partition coefficient (Wildman–Crippen LogP) is 2.46. The minimum atomic E-state index is -0.294. The normalized spacial score (nSPS) is 15.9. The molecule has 106 valence electrons. The van der Waals surface area contributed by atoms with E-state index in [2.05, 4.69) is 5.32 Å². The summed E-state index contributed by atoms with van der Waals surface area (Å²) in [5.74, 6) is 1.18. The summed E-state index contributed by atoms with van der Waals surface area (Å²) >= 11 is 0. The van der Waals surface area contributed by atoms with Gasteiger partial charge >= 0.3 is 5.97 Å². The monoisotopic (exact) mass is 267 g/mol. The highest BCUT2D eigenvalue weighted by Gasteiger charge is 2.22. The molecule has 1 aromatic rings. The van der Waals surface area contributed by atoms with Crippen molar-refractivity contribution in [2.45, 2.75) is 26.8 Å². The van der Waals surface area contributed by atoms with Crippen molar-refractivity contribution < 1.29 is 19.0 Å². The molecule has 1 unspecified atom stereocenters. The minimum Gasteiger partial charge on any atom is -0.494 e. The number of carbonyl (C=O) groups excluding carboxylic acids is 1. The van der Waals surface area contributed by atoms with Gasteiger partial charge in [0.2, 0.25) is 0 Å². The minimum absolute atomic E-state index is 0.0531. The number of para-hydroxylation sites is 1. The summed E-state index contributed by atoms with van der Waals surface area (Å²) in [5.41, 5.74) is 0.804. The SMILES string of the molecule is CC.COc1cccc2c1NC(COC(C)=O)CO2. The number of anilines is 1. The summed E-state index contributed by atoms with van der Waals surface area (Å²) in [7, 11) is 1.60. The molecular weight excluding hydrogens is 246 g/mol. The molecule has 19 heavy (non-hydrogen) atoms. The van der Waals surface area contributed by atoms with Crippen LogP contribution in [0.2, 0.25) is 0 Å². The van der Waals surface area contributed by atoms with Gasteiger partial charge in [0.05, 0.1) is 13.2 Å². The second-order valence-electron chi connectivity index (χ2n) is 3.79. The van der Waals surface area contributed by atoms with Gasteiger partial charge in [-0.15, -0.1) is 0 Å². The fourth-order valence-corrected chi connectivity index (χ4v) is 1.69. The van der Waals surface area contributed by atoms with Crippen LogP contribution in [0.25, 0.3) is 0 Å². The summed E-state index contributed by atoms with van der Waals surface area (Å²) in [6.45, 7) is 6.14. The first-order valence-electron chi connectivity index (χ1n) is 6.40. The molecule has 0 saturated heterocycles.